The second-order valence-electron chi connectivity index (χ2n) is 8.88. The van der Waals surface area contributed by atoms with Crippen molar-refractivity contribution in [3.8, 4) is 5.75 Å². The van der Waals surface area contributed by atoms with Crippen LogP contribution in [0, 0.1) is 0 Å². The number of ether oxygens (including phenoxy) is 2. The van der Waals surface area contributed by atoms with Crippen molar-refractivity contribution in [2.45, 2.75) is 58.4 Å². The van der Waals surface area contributed by atoms with E-state index < -0.39 is 12.1 Å². The molecule has 0 amide bonds. The van der Waals surface area contributed by atoms with Gasteiger partial charge in [-0.15, -0.1) is 0 Å². The molecule has 2 aromatic rings. The molecule has 1 aliphatic rings. The van der Waals surface area contributed by atoms with Crippen LogP contribution in [-0.4, -0.2) is 53.8 Å². The molecule has 0 aromatic heterocycles. The summed E-state index contributed by atoms with van der Waals surface area (Å²) in [5, 5.41) is 9.04. The Morgan fingerprint density at radius 1 is 1.18 bits per heavy atom. The summed E-state index contributed by atoms with van der Waals surface area (Å²) in [6, 6.07) is 14.3. The Labute approximate surface area is 211 Å². The van der Waals surface area contributed by atoms with Gasteiger partial charge in [0.1, 0.15) is 5.75 Å². The van der Waals surface area contributed by atoms with Crippen molar-refractivity contribution in [2.24, 2.45) is 0 Å². The normalized spacial score (nSPS) is 17.5. The van der Waals surface area contributed by atoms with E-state index in [0.29, 0.717) is 12.1 Å². The standard InChI is InChI=1S/C27H35BrN2O4/c1-18(24-10-6-9-22(26(24)28)17-34-19(2)27(31)32)8-7-15-30-16-25(29(4)20(30)3)21-11-13-23(33-5)14-12-21/h6,9-14,16,18-20H,7-8,15,17H2,1-5H3,(H,31,32). The number of halogens is 1. The van der Waals surface area contributed by atoms with Crippen LogP contribution in [-0.2, 0) is 16.1 Å². The van der Waals surface area contributed by atoms with Gasteiger partial charge in [0.15, 0.2) is 6.10 Å². The minimum absolute atomic E-state index is 0.269. The van der Waals surface area contributed by atoms with Crippen LogP contribution in [0.5, 0.6) is 5.75 Å². The lowest BCUT2D eigenvalue weighted by atomic mass is 9.94. The van der Waals surface area contributed by atoms with Crippen molar-refractivity contribution >= 4 is 27.6 Å². The summed E-state index contributed by atoms with van der Waals surface area (Å²) >= 11 is 3.73. The molecule has 0 radical (unpaired) electrons. The Bertz CT molecular complexity index is 1010. The zero-order valence-corrected chi connectivity index (χ0v) is 22.2. The summed E-state index contributed by atoms with van der Waals surface area (Å²) in [6.07, 6.45) is 3.84. The Balaban J connectivity index is 1.59. The Hall–Kier alpha value is -2.51. The van der Waals surface area contributed by atoms with E-state index in [9.17, 15) is 4.79 Å². The number of methoxy groups -OCH3 is 1. The number of carboxylic acids is 1. The van der Waals surface area contributed by atoms with Crippen LogP contribution < -0.4 is 4.74 Å². The zero-order valence-electron chi connectivity index (χ0n) is 20.6. The summed E-state index contributed by atoms with van der Waals surface area (Å²) < 4.78 is 11.8. The van der Waals surface area contributed by atoms with Gasteiger partial charge in [0, 0.05) is 24.3 Å². The molecule has 0 saturated carbocycles. The molecule has 3 rings (SSSR count). The summed E-state index contributed by atoms with van der Waals surface area (Å²) in [5.74, 6) is 0.278. The number of carboxylic acid groups (broad SMARTS) is 1. The molecule has 3 unspecified atom stereocenters. The largest absolute Gasteiger partial charge is 0.497 e. The lowest BCUT2D eigenvalue weighted by molar-refractivity contribution is -0.149. The Morgan fingerprint density at radius 3 is 2.53 bits per heavy atom. The maximum Gasteiger partial charge on any atom is 0.332 e. The molecule has 2 aromatic carbocycles. The van der Waals surface area contributed by atoms with Crippen LogP contribution in [0.15, 0.2) is 53.1 Å². The highest BCUT2D eigenvalue weighted by atomic mass is 79.9. The summed E-state index contributed by atoms with van der Waals surface area (Å²) in [5.41, 5.74) is 4.60. The number of hydrogen-bond donors (Lipinski definition) is 1. The van der Waals surface area contributed by atoms with Gasteiger partial charge in [-0.05, 0) is 73.6 Å². The number of hydrogen-bond acceptors (Lipinski definition) is 5. The highest BCUT2D eigenvalue weighted by Gasteiger charge is 2.26. The van der Waals surface area contributed by atoms with Crippen LogP contribution in [0.3, 0.4) is 0 Å². The first kappa shape index (κ1) is 26.1. The van der Waals surface area contributed by atoms with Gasteiger partial charge in [0.05, 0.1) is 25.6 Å². The third kappa shape index (κ3) is 6.13. The van der Waals surface area contributed by atoms with E-state index in [1.807, 2.05) is 24.3 Å². The van der Waals surface area contributed by atoms with Gasteiger partial charge in [0.25, 0.3) is 0 Å². The summed E-state index contributed by atoms with van der Waals surface area (Å²) in [6.45, 7) is 7.27. The van der Waals surface area contributed by atoms with Gasteiger partial charge in [0.2, 0.25) is 0 Å². The van der Waals surface area contributed by atoms with Crippen LogP contribution in [0.2, 0.25) is 0 Å². The summed E-state index contributed by atoms with van der Waals surface area (Å²) in [7, 11) is 3.82. The first-order valence-electron chi connectivity index (χ1n) is 11.7. The smallest absolute Gasteiger partial charge is 0.332 e. The van der Waals surface area contributed by atoms with E-state index in [1.54, 1.807) is 14.0 Å². The molecule has 6 nitrogen and oxygen atoms in total. The van der Waals surface area contributed by atoms with E-state index in [4.69, 9.17) is 14.6 Å². The second kappa shape index (κ2) is 11.8. The van der Waals surface area contributed by atoms with Gasteiger partial charge in [-0.1, -0.05) is 41.1 Å². The quantitative estimate of drug-likeness (QED) is 0.388. The molecule has 0 saturated heterocycles. The lowest BCUT2D eigenvalue weighted by Gasteiger charge is -2.29. The van der Waals surface area contributed by atoms with Crippen LogP contribution >= 0.6 is 15.9 Å². The highest BCUT2D eigenvalue weighted by molar-refractivity contribution is 9.10. The molecular formula is C27H35BrN2O4. The lowest BCUT2D eigenvalue weighted by Crippen LogP contribution is -2.35. The Kier molecular flexibility index (Phi) is 9.03. The molecule has 0 bridgehead atoms. The second-order valence-corrected chi connectivity index (χ2v) is 9.67. The topological polar surface area (TPSA) is 62.2 Å². The van der Waals surface area contributed by atoms with Crippen molar-refractivity contribution in [1.82, 2.24) is 9.80 Å². The van der Waals surface area contributed by atoms with Crippen molar-refractivity contribution in [3.05, 3.63) is 69.8 Å². The molecule has 1 aliphatic heterocycles. The molecule has 0 aliphatic carbocycles. The van der Waals surface area contributed by atoms with Crippen molar-refractivity contribution in [2.75, 3.05) is 20.7 Å². The molecule has 0 fully saturated rings. The van der Waals surface area contributed by atoms with Crippen molar-refractivity contribution < 1.29 is 19.4 Å². The predicted octanol–water partition coefficient (Wildman–Crippen LogP) is 5.92. The molecule has 1 N–H and O–H groups in total. The molecule has 3 atom stereocenters. The van der Waals surface area contributed by atoms with E-state index in [1.165, 1.54) is 16.8 Å². The minimum Gasteiger partial charge on any atom is -0.497 e. The molecular weight excluding hydrogens is 496 g/mol. The Morgan fingerprint density at radius 2 is 1.88 bits per heavy atom. The minimum atomic E-state index is -0.952. The maximum absolute atomic E-state index is 11.0. The zero-order chi connectivity index (χ0) is 24.8. The average Bonchev–Trinajstić information content (AvgIpc) is 3.11. The molecule has 7 heteroatoms. The SMILES string of the molecule is COc1ccc(C2=CN(CCCC(C)c3cccc(COC(C)C(=O)O)c3Br)C(C)N2C)cc1. The fourth-order valence-electron chi connectivity index (χ4n) is 4.18. The van der Waals surface area contributed by atoms with Gasteiger partial charge < -0.3 is 24.4 Å². The molecule has 1 heterocycles. The molecule has 34 heavy (non-hydrogen) atoms. The van der Waals surface area contributed by atoms with Gasteiger partial charge in [-0.3, -0.25) is 0 Å². The fraction of sp³-hybridized carbons (Fsp3) is 0.444. The van der Waals surface area contributed by atoms with Gasteiger partial charge >= 0.3 is 5.97 Å². The van der Waals surface area contributed by atoms with Crippen LogP contribution in [0.4, 0.5) is 0 Å². The van der Waals surface area contributed by atoms with Crippen molar-refractivity contribution in [1.29, 1.82) is 0 Å². The van der Waals surface area contributed by atoms with Crippen LogP contribution in [0.25, 0.3) is 5.70 Å². The number of benzene rings is 2. The van der Waals surface area contributed by atoms with E-state index >= 15 is 0 Å². The predicted molar refractivity (Wildman–Crippen MR) is 139 cm³/mol. The average molecular weight is 531 g/mol. The third-order valence-corrected chi connectivity index (χ3v) is 7.59. The number of carbonyl (C=O) groups is 1. The first-order valence-corrected chi connectivity index (χ1v) is 12.5. The maximum atomic E-state index is 11.0. The van der Waals surface area contributed by atoms with Crippen LogP contribution in [0.1, 0.15) is 56.2 Å². The van der Waals surface area contributed by atoms with Gasteiger partial charge in [-0.2, -0.15) is 0 Å². The third-order valence-electron chi connectivity index (χ3n) is 6.62. The van der Waals surface area contributed by atoms with E-state index in [2.05, 4.69) is 71.0 Å². The van der Waals surface area contributed by atoms with Crippen molar-refractivity contribution in [3.63, 3.8) is 0 Å². The van der Waals surface area contributed by atoms with E-state index in [0.717, 1.165) is 35.2 Å². The molecule has 184 valence electrons. The first-order chi connectivity index (χ1) is 16.2. The number of aliphatic carboxylic acids is 1. The summed E-state index contributed by atoms with van der Waals surface area (Å²) in [4.78, 5) is 15.7. The fourth-order valence-corrected chi connectivity index (χ4v) is 4.95. The van der Waals surface area contributed by atoms with E-state index in [-0.39, 0.29) is 6.61 Å². The number of nitrogens with zero attached hydrogens (tertiary/aromatic N) is 2. The monoisotopic (exact) mass is 530 g/mol. The van der Waals surface area contributed by atoms with Gasteiger partial charge in [-0.25, -0.2) is 4.79 Å². The molecule has 0 spiro atoms. The highest BCUT2D eigenvalue weighted by Crippen LogP contribution is 2.33. The number of rotatable bonds is 11.